The molecule has 0 saturated carbocycles. The van der Waals surface area contributed by atoms with Crippen molar-refractivity contribution < 1.29 is 23.1 Å². The van der Waals surface area contributed by atoms with Gasteiger partial charge < -0.3 is 21.5 Å². The molecule has 5 N–H and O–H groups in total. The van der Waals surface area contributed by atoms with Gasteiger partial charge in [0, 0.05) is 17.7 Å². The Labute approximate surface area is 160 Å². The average molecular weight is 390 g/mol. The molecule has 1 amide bonds. The van der Waals surface area contributed by atoms with Crippen LogP contribution in [0.2, 0.25) is 0 Å². The zero-order valence-corrected chi connectivity index (χ0v) is 15.1. The number of benzene rings is 2. The molecule has 0 spiro atoms. The molecule has 28 heavy (non-hydrogen) atoms. The number of aliphatic imine (C=N–C) groups is 1. The lowest BCUT2D eigenvalue weighted by atomic mass is 10.0. The minimum Gasteiger partial charge on any atom is -0.468 e. The Balaban J connectivity index is 1.98. The number of methoxy groups -OCH3 is 1. The van der Waals surface area contributed by atoms with Crippen LogP contribution in [0.25, 0.3) is 0 Å². The molecule has 0 fully saturated rings. The van der Waals surface area contributed by atoms with Gasteiger partial charge in [-0.05, 0) is 36.2 Å². The van der Waals surface area contributed by atoms with E-state index in [0.29, 0.717) is 0 Å². The van der Waals surface area contributed by atoms with E-state index < -0.39 is 29.6 Å². The predicted molar refractivity (Wildman–Crippen MR) is 99.3 cm³/mol. The molecule has 7 nitrogen and oxygen atoms in total. The lowest BCUT2D eigenvalue weighted by Crippen LogP contribution is -2.33. The predicted octanol–water partition coefficient (Wildman–Crippen LogP) is 1.25. The Bertz CT molecular complexity index is 865. The quantitative estimate of drug-likeness (QED) is 0.388. The summed E-state index contributed by atoms with van der Waals surface area (Å²) in [5.74, 6) is -2.90. The van der Waals surface area contributed by atoms with Crippen molar-refractivity contribution >= 4 is 17.8 Å². The minimum absolute atomic E-state index is 0.209. The van der Waals surface area contributed by atoms with Gasteiger partial charge in [0.15, 0.2) is 5.96 Å². The third-order valence-electron chi connectivity index (χ3n) is 3.89. The summed E-state index contributed by atoms with van der Waals surface area (Å²) in [4.78, 5) is 27.1. The van der Waals surface area contributed by atoms with Crippen LogP contribution in [0.1, 0.15) is 21.5 Å². The molecule has 0 saturated heterocycles. The first-order chi connectivity index (χ1) is 13.3. The lowest BCUT2D eigenvalue weighted by Gasteiger charge is -2.09. The SMILES string of the molecule is COC(=O)[C@@H](N)Cc1ccc(C(=O)/N=C(\N)NCc2c(F)cccc2F)cc1. The second kappa shape index (κ2) is 9.56. The second-order valence-corrected chi connectivity index (χ2v) is 5.89. The number of halogens is 2. The van der Waals surface area contributed by atoms with Gasteiger partial charge in [0.2, 0.25) is 0 Å². The third-order valence-corrected chi connectivity index (χ3v) is 3.89. The largest absolute Gasteiger partial charge is 0.468 e. The number of carbonyl (C=O) groups excluding carboxylic acids is 2. The van der Waals surface area contributed by atoms with Crippen molar-refractivity contribution in [1.29, 1.82) is 0 Å². The summed E-state index contributed by atoms with van der Waals surface area (Å²) >= 11 is 0. The van der Waals surface area contributed by atoms with E-state index in [-0.39, 0.29) is 30.1 Å². The Kier molecular flexibility index (Phi) is 7.16. The summed E-state index contributed by atoms with van der Waals surface area (Å²) in [6, 6.07) is 8.95. The maximum Gasteiger partial charge on any atom is 0.322 e. The number of ether oxygens (including phenoxy) is 1. The summed E-state index contributed by atoms with van der Waals surface area (Å²) in [6.07, 6.45) is 0.252. The van der Waals surface area contributed by atoms with Crippen molar-refractivity contribution in [2.45, 2.75) is 19.0 Å². The van der Waals surface area contributed by atoms with Gasteiger partial charge in [0.25, 0.3) is 5.91 Å². The molecule has 2 rings (SSSR count). The molecule has 9 heteroatoms. The number of rotatable bonds is 6. The van der Waals surface area contributed by atoms with Crippen LogP contribution in [0.4, 0.5) is 8.78 Å². The van der Waals surface area contributed by atoms with E-state index in [1.54, 1.807) is 12.1 Å². The third kappa shape index (κ3) is 5.58. The molecular formula is C19H20F2N4O3. The summed E-state index contributed by atoms with van der Waals surface area (Å²) in [7, 11) is 1.25. The highest BCUT2D eigenvalue weighted by molar-refractivity contribution is 6.02. The first-order valence-corrected chi connectivity index (χ1v) is 8.29. The Morgan fingerprint density at radius 1 is 1.14 bits per heavy atom. The number of hydrogen-bond donors (Lipinski definition) is 3. The van der Waals surface area contributed by atoms with Gasteiger partial charge in [-0.15, -0.1) is 0 Å². The van der Waals surface area contributed by atoms with Crippen molar-refractivity contribution in [1.82, 2.24) is 5.32 Å². The highest BCUT2D eigenvalue weighted by Gasteiger charge is 2.15. The molecule has 0 aliphatic rings. The maximum absolute atomic E-state index is 13.6. The van der Waals surface area contributed by atoms with Gasteiger partial charge >= 0.3 is 5.97 Å². The van der Waals surface area contributed by atoms with Crippen molar-refractivity contribution in [2.24, 2.45) is 16.5 Å². The molecule has 148 valence electrons. The van der Waals surface area contributed by atoms with Gasteiger partial charge in [-0.1, -0.05) is 18.2 Å². The van der Waals surface area contributed by atoms with Crippen molar-refractivity contribution in [3.63, 3.8) is 0 Å². The zero-order chi connectivity index (χ0) is 20.7. The average Bonchev–Trinajstić information content (AvgIpc) is 2.67. The fourth-order valence-corrected chi connectivity index (χ4v) is 2.37. The van der Waals surface area contributed by atoms with E-state index >= 15 is 0 Å². The molecule has 0 aromatic heterocycles. The minimum atomic E-state index is -0.803. The number of amides is 1. The van der Waals surface area contributed by atoms with Crippen LogP contribution in [0.5, 0.6) is 0 Å². The molecule has 0 aliphatic carbocycles. The van der Waals surface area contributed by atoms with Gasteiger partial charge in [-0.25, -0.2) is 8.78 Å². The van der Waals surface area contributed by atoms with Crippen LogP contribution >= 0.6 is 0 Å². The van der Waals surface area contributed by atoms with E-state index in [1.165, 1.54) is 25.3 Å². The first kappa shape index (κ1) is 21.0. The monoisotopic (exact) mass is 390 g/mol. The maximum atomic E-state index is 13.6. The highest BCUT2D eigenvalue weighted by Crippen LogP contribution is 2.11. The Morgan fingerprint density at radius 3 is 2.32 bits per heavy atom. The van der Waals surface area contributed by atoms with Crippen LogP contribution < -0.4 is 16.8 Å². The highest BCUT2D eigenvalue weighted by atomic mass is 19.1. The molecule has 0 heterocycles. The Morgan fingerprint density at radius 2 is 1.75 bits per heavy atom. The molecule has 0 radical (unpaired) electrons. The van der Waals surface area contributed by atoms with Gasteiger partial charge in [0.1, 0.15) is 17.7 Å². The zero-order valence-electron chi connectivity index (χ0n) is 15.1. The van der Waals surface area contributed by atoms with Crippen LogP contribution in [0.15, 0.2) is 47.5 Å². The molecule has 2 aromatic carbocycles. The van der Waals surface area contributed by atoms with E-state index in [0.717, 1.165) is 17.7 Å². The molecule has 0 aliphatic heterocycles. The molecule has 2 aromatic rings. The van der Waals surface area contributed by atoms with Crippen LogP contribution in [-0.2, 0) is 22.5 Å². The summed E-state index contributed by atoms with van der Waals surface area (Å²) in [5, 5.41) is 2.50. The summed E-state index contributed by atoms with van der Waals surface area (Å²) < 4.78 is 31.7. The number of nitrogens with zero attached hydrogens (tertiary/aromatic N) is 1. The van der Waals surface area contributed by atoms with E-state index in [1.807, 2.05) is 0 Å². The number of nitrogens with two attached hydrogens (primary N) is 2. The van der Waals surface area contributed by atoms with Crippen LogP contribution in [0.3, 0.4) is 0 Å². The molecule has 0 unspecified atom stereocenters. The number of carbonyl (C=O) groups is 2. The standard InChI is InChI=1S/C19H20F2N4O3/c1-28-18(27)16(22)9-11-5-7-12(8-6-11)17(26)25-19(23)24-10-13-14(20)3-2-4-15(13)21/h2-8,16H,9-10,22H2,1H3,(H3,23,24,25,26)/t16-/m0/s1. The van der Waals surface area contributed by atoms with Crippen molar-refractivity contribution in [3.8, 4) is 0 Å². The summed E-state index contributed by atoms with van der Waals surface area (Å²) in [6.45, 7) is -0.258. The normalized spacial score (nSPS) is 12.4. The number of nitrogens with one attached hydrogen (secondary N) is 1. The van der Waals surface area contributed by atoms with Gasteiger partial charge in [-0.3, -0.25) is 9.59 Å². The molecular weight excluding hydrogens is 370 g/mol. The lowest BCUT2D eigenvalue weighted by molar-refractivity contribution is -0.142. The fraction of sp³-hybridized carbons (Fsp3) is 0.211. The molecule has 0 bridgehead atoms. The fourth-order valence-electron chi connectivity index (χ4n) is 2.37. The van der Waals surface area contributed by atoms with Gasteiger partial charge in [-0.2, -0.15) is 4.99 Å². The molecule has 1 atom stereocenters. The number of guanidine groups is 1. The topological polar surface area (TPSA) is 120 Å². The smallest absolute Gasteiger partial charge is 0.322 e. The number of hydrogen-bond acceptors (Lipinski definition) is 4. The van der Waals surface area contributed by atoms with Gasteiger partial charge in [0.05, 0.1) is 7.11 Å². The van der Waals surface area contributed by atoms with E-state index in [9.17, 15) is 18.4 Å². The van der Waals surface area contributed by atoms with Crippen LogP contribution in [0, 0.1) is 11.6 Å². The van der Waals surface area contributed by atoms with Crippen molar-refractivity contribution in [2.75, 3.05) is 7.11 Å². The summed E-state index contributed by atoms with van der Waals surface area (Å²) in [5.41, 5.74) is 12.1. The van der Waals surface area contributed by atoms with E-state index in [4.69, 9.17) is 11.5 Å². The number of esters is 1. The van der Waals surface area contributed by atoms with Crippen molar-refractivity contribution in [3.05, 3.63) is 70.8 Å². The van der Waals surface area contributed by atoms with Crippen LogP contribution in [-0.4, -0.2) is 31.0 Å². The van der Waals surface area contributed by atoms with E-state index in [2.05, 4.69) is 15.0 Å². The second-order valence-electron chi connectivity index (χ2n) is 5.89. The Hall–Kier alpha value is -3.33. The first-order valence-electron chi connectivity index (χ1n) is 8.29.